The molecular formula is C14H27N3O2. The molecule has 110 valence electrons. The van der Waals surface area contributed by atoms with Crippen LogP contribution in [0.1, 0.15) is 32.1 Å². The molecule has 5 nitrogen and oxygen atoms in total. The summed E-state index contributed by atoms with van der Waals surface area (Å²) >= 11 is 0. The van der Waals surface area contributed by atoms with Gasteiger partial charge < -0.3 is 15.4 Å². The van der Waals surface area contributed by atoms with E-state index < -0.39 is 0 Å². The molecule has 0 radical (unpaired) electrons. The first kappa shape index (κ1) is 14.8. The second-order valence-electron chi connectivity index (χ2n) is 5.58. The Morgan fingerprint density at radius 1 is 1.42 bits per heavy atom. The molecule has 2 heterocycles. The number of carbonyl (C=O) groups excluding carboxylic acids is 1. The summed E-state index contributed by atoms with van der Waals surface area (Å²) in [6.45, 7) is 4.17. The Labute approximate surface area is 116 Å². The quantitative estimate of drug-likeness (QED) is 0.655. The molecular weight excluding hydrogens is 242 g/mol. The topological polar surface area (TPSA) is 53.6 Å². The summed E-state index contributed by atoms with van der Waals surface area (Å²) in [5.74, 6) is 0.154. The van der Waals surface area contributed by atoms with E-state index in [1.165, 1.54) is 25.7 Å². The fourth-order valence-corrected chi connectivity index (χ4v) is 3.23. The van der Waals surface area contributed by atoms with Gasteiger partial charge in [-0.2, -0.15) is 0 Å². The highest BCUT2D eigenvalue weighted by Gasteiger charge is 2.33. The molecule has 2 fully saturated rings. The predicted molar refractivity (Wildman–Crippen MR) is 75.1 cm³/mol. The molecule has 19 heavy (non-hydrogen) atoms. The van der Waals surface area contributed by atoms with Crippen LogP contribution in [0.5, 0.6) is 0 Å². The summed E-state index contributed by atoms with van der Waals surface area (Å²) in [6, 6.07) is 1.16. The van der Waals surface area contributed by atoms with Crippen LogP contribution in [0, 0.1) is 0 Å². The van der Waals surface area contributed by atoms with Crippen molar-refractivity contribution in [2.75, 3.05) is 39.9 Å². The molecule has 2 unspecified atom stereocenters. The Morgan fingerprint density at radius 3 is 3.05 bits per heavy atom. The molecule has 0 spiro atoms. The molecule has 0 bridgehead atoms. The summed E-state index contributed by atoms with van der Waals surface area (Å²) in [5.41, 5.74) is 0. The molecule has 2 saturated heterocycles. The van der Waals surface area contributed by atoms with Crippen LogP contribution in [-0.2, 0) is 9.53 Å². The van der Waals surface area contributed by atoms with Gasteiger partial charge in [0.25, 0.3) is 0 Å². The first-order chi connectivity index (χ1) is 9.31. The number of rotatable bonds is 7. The number of hydrogen-bond donors (Lipinski definition) is 2. The largest absolute Gasteiger partial charge is 0.385 e. The van der Waals surface area contributed by atoms with Gasteiger partial charge in [-0.15, -0.1) is 0 Å². The Morgan fingerprint density at radius 2 is 2.32 bits per heavy atom. The molecule has 2 atom stereocenters. The summed E-state index contributed by atoms with van der Waals surface area (Å²) in [5, 5.41) is 6.55. The Hall–Kier alpha value is -0.650. The number of hydrogen-bond acceptors (Lipinski definition) is 4. The van der Waals surface area contributed by atoms with Gasteiger partial charge in [0.2, 0.25) is 5.91 Å². The predicted octanol–water partition coefficient (Wildman–Crippen LogP) is 0.356. The molecule has 5 heteroatoms. The lowest BCUT2D eigenvalue weighted by Gasteiger charge is -2.28. The molecule has 0 aromatic rings. The summed E-state index contributed by atoms with van der Waals surface area (Å²) < 4.78 is 4.97. The van der Waals surface area contributed by atoms with E-state index in [0.717, 1.165) is 19.5 Å². The molecule has 2 aliphatic rings. The maximum atomic E-state index is 11.9. The minimum absolute atomic E-state index is 0.154. The minimum Gasteiger partial charge on any atom is -0.385 e. The number of likely N-dealkylation sites (tertiary alicyclic amines) is 1. The lowest BCUT2D eigenvalue weighted by molar-refractivity contribution is -0.122. The van der Waals surface area contributed by atoms with Gasteiger partial charge in [-0.1, -0.05) is 0 Å². The SMILES string of the molecule is COCCCNC(=O)CN1CCCC1C1CCCN1. The van der Waals surface area contributed by atoms with Crippen molar-refractivity contribution in [1.29, 1.82) is 0 Å². The molecule has 0 aromatic carbocycles. The van der Waals surface area contributed by atoms with E-state index in [0.29, 0.717) is 31.8 Å². The zero-order valence-corrected chi connectivity index (χ0v) is 12.0. The Bertz CT molecular complexity index is 280. The third-order valence-electron chi connectivity index (χ3n) is 4.17. The van der Waals surface area contributed by atoms with Gasteiger partial charge in [0.1, 0.15) is 0 Å². The van der Waals surface area contributed by atoms with Crippen molar-refractivity contribution in [2.24, 2.45) is 0 Å². The number of ether oxygens (including phenoxy) is 1. The second-order valence-corrected chi connectivity index (χ2v) is 5.58. The molecule has 1 amide bonds. The van der Waals surface area contributed by atoms with Crippen LogP contribution >= 0.6 is 0 Å². The fourth-order valence-electron chi connectivity index (χ4n) is 3.23. The first-order valence-electron chi connectivity index (χ1n) is 7.54. The Kier molecular flexibility index (Phi) is 6.07. The molecule has 0 aliphatic carbocycles. The van der Waals surface area contributed by atoms with Crippen molar-refractivity contribution in [1.82, 2.24) is 15.5 Å². The van der Waals surface area contributed by atoms with Gasteiger partial charge in [0.15, 0.2) is 0 Å². The highest BCUT2D eigenvalue weighted by Crippen LogP contribution is 2.24. The molecule has 2 N–H and O–H groups in total. The van der Waals surface area contributed by atoms with Gasteiger partial charge in [0, 0.05) is 32.3 Å². The molecule has 0 saturated carbocycles. The van der Waals surface area contributed by atoms with Crippen LogP contribution in [0.25, 0.3) is 0 Å². The number of amides is 1. The fraction of sp³-hybridized carbons (Fsp3) is 0.929. The monoisotopic (exact) mass is 269 g/mol. The smallest absolute Gasteiger partial charge is 0.234 e. The van der Waals surface area contributed by atoms with Crippen molar-refractivity contribution in [3.8, 4) is 0 Å². The number of methoxy groups -OCH3 is 1. The highest BCUT2D eigenvalue weighted by atomic mass is 16.5. The van der Waals surface area contributed by atoms with Crippen molar-refractivity contribution in [3.05, 3.63) is 0 Å². The molecule has 2 aliphatic heterocycles. The average Bonchev–Trinajstić information content (AvgIpc) is 3.04. The Balaban J connectivity index is 1.69. The van der Waals surface area contributed by atoms with E-state index in [2.05, 4.69) is 15.5 Å². The van der Waals surface area contributed by atoms with Crippen molar-refractivity contribution >= 4 is 5.91 Å². The van der Waals surface area contributed by atoms with Crippen LogP contribution in [0.3, 0.4) is 0 Å². The first-order valence-corrected chi connectivity index (χ1v) is 7.54. The zero-order chi connectivity index (χ0) is 13.5. The molecule has 2 rings (SSSR count). The van der Waals surface area contributed by atoms with Crippen LogP contribution in [0.2, 0.25) is 0 Å². The van der Waals surface area contributed by atoms with Gasteiger partial charge in [-0.25, -0.2) is 0 Å². The lowest BCUT2D eigenvalue weighted by Crippen LogP contribution is -2.47. The second kappa shape index (κ2) is 7.82. The van der Waals surface area contributed by atoms with E-state index >= 15 is 0 Å². The normalized spacial score (nSPS) is 27.8. The van der Waals surface area contributed by atoms with Gasteiger partial charge >= 0.3 is 0 Å². The highest BCUT2D eigenvalue weighted by molar-refractivity contribution is 5.78. The third-order valence-corrected chi connectivity index (χ3v) is 4.17. The zero-order valence-electron chi connectivity index (χ0n) is 12.0. The van der Waals surface area contributed by atoms with E-state index in [1.807, 2.05) is 0 Å². The van der Waals surface area contributed by atoms with Crippen LogP contribution in [-0.4, -0.2) is 62.8 Å². The minimum atomic E-state index is 0.154. The summed E-state index contributed by atoms with van der Waals surface area (Å²) in [7, 11) is 1.69. The van der Waals surface area contributed by atoms with Crippen LogP contribution in [0.15, 0.2) is 0 Å². The van der Waals surface area contributed by atoms with E-state index in [-0.39, 0.29) is 5.91 Å². The van der Waals surface area contributed by atoms with Crippen LogP contribution in [0.4, 0.5) is 0 Å². The average molecular weight is 269 g/mol. The van der Waals surface area contributed by atoms with Gasteiger partial charge in [0.05, 0.1) is 6.54 Å². The third kappa shape index (κ3) is 4.44. The summed E-state index contributed by atoms with van der Waals surface area (Å²) in [4.78, 5) is 14.3. The van der Waals surface area contributed by atoms with Gasteiger partial charge in [-0.3, -0.25) is 9.69 Å². The number of carbonyl (C=O) groups is 1. The maximum Gasteiger partial charge on any atom is 0.234 e. The van der Waals surface area contributed by atoms with Crippen molar-refractivity contribution in [2.45, 2.75) is 44.2 Å². The standard InChI is InChI=1S/C14H27N3O2/c1-19-10-4-8-16-14(18)11-17-9-3-6-13(17)12-5-2-7-15-12/h12-13,15H,2-11H2,1H3,(H,16,18). The van der Waals surface area contributed by atoms with Crippen molar-refractivity contribution < 1.29 is 9.53 Å². The van der Waals surface area contributed by atoms with E-state index in [4.69, 9.17) is 4.74 Å². The summed E-state index contributed by atoms with van der Waals surface area (Å²) in [6.07, 6.45) is 5.87. The maximum absolute atomic E-state index is 11.9. The number of nitrogens with zero attached hydrogens (tertiary/aromatic N) is 1. The van der Waals surface area contributed by atoms with Crippen LogP contribution < -0.4 is 10.6 Å². The molecule has 0 aromatic heterocycles. The number of nitrogens with one attached hydrogen (secondary N) is 2. The van der Waals surface area contributed by atoms with E-state index in [9.17, 15) is 4.79 Å². The van der Waals surface area contributed by atoms with Gasteiger partial charge in [-0.05, 0) is 45.2 Å². The lowest BCUT2D eigenvalue weighted by atomic mass is 10.0. The van der Waals surface area contributed by atoms with Crippen molar-refractivity contribution in [3.63, 3.8) is 0 Å². The van der Waals surface area contributed by atoms with E-state index in [1.54, 1.807) is 7.11 Å².